The number of hydrogen-bond donors (Lipinski definition) is 1. The summed E-state index contributed by atoms with van der Waals surface area (Å²) in [7, 11) is 2.03. The molecule has 4 heterocycles. The average Bonchev–Trinajstić information content (AvgIpc) is 3.08. The van der Waals surface area contributed by atoms with Crippen LogP contribution in [0.15, 0.2) is 36.8 Å². The number of hydrogen-bond acceptors (Lipinski definition) is 5. The van der Waals surface area contributed by atoms with E-state index in [4.69, 9.17) is 4.98 Å². The summed E-state index contributed by atoms with van der Waals surface area (Å²) in [6.07, 6.45) is 7.37. The summed E-state index contributed by atoms with van der Waals surface area (Å²) < 4.78 is 1.86. The normalized spacial score (nSPS) is 15.2. The van der Waals surface area contributed by atoms with Crippen LogP contribution in [-0.4, -0.2) is 51.3 Å². The van der Waals surface area contributed by atoms with Crippen molar-refractivity contribution < 1.29 is 4.79 Å². The molecular weight excluding hydrogens is 339 g/mol. The van der Waals surface area contributed by atoms with E-state index in [0.29, 0.717) is 12.5 Å². The second kappa shape index (κ2) is 7.38. The topological polar surface area (TPSA) is 75.4 Å². The molecule has 0 bridgehead atoms. The fourth-order valence-electron chi connectivity index (χ4n) is 3.61. The minimum Gasteiger partial charge on any atom is -0.366 e. The summed E-state index contributed by atoms with van der Waals surface area (Å²) in [6.45, 7) is 3.90. The molecule has 1 amide bonds. The Morgan fingerprint density at radius 1 is 1.33 bits per heavy atom. The minimum absolute atomic E-state index is 0.155. The van der Waals surface area contributed by atoms with Crippen molar-refractivity contribution in [2.75, 3.05) is 18.4 Å². The van der Waals surface area contributed by atoms with Gasteiger partial charge in [-0.15, -0.1) is 0 Å². The van der Waals surface area contributed by atoms with Crippen molar-refractivity contribution in [2.24, 2.45) is 0 Å². The molecule has 8 heteroatoms. The molecule has 0 radical (unpaired) electrons. The van der Waals surface area contributed by atoms with Gasteiger partial charge in [-0.2, -0.15) is 9.61 Å². The van der Waals surface area contributed by atoms with Crippen LogP contribution < -0.4 is 10.8 Å². The van der Waals surface area contributed by atoms with Gasteiger partial charge in [0.15, 0.2) is 5.65 Å². The Morgan fingerprint density at radius 2 is 2.15 bits per heavy atom. The molecule has 0 spiro atoms. The molecule has 1 N–H and O–H groups in total. The molecule has 27 heavy (non-hydrogen) atoms. The van der Waals surface area contributed by atoms with E-state index in [9.17, 15) is 4.79 Å². The van der Waals surface area contributed by atoms with E-state index in [0.717, 1.165) is 54.1 Å². The fraction of sp³-hybridized carbons (Fsp3) is 0.368. The van der Waals surface area contributed by atoms with Gasteiger partial charge in [0.05, 0.1) is 0 Å². The Labute approximate surface area is 159 Å². The summed E-state index contributed by atoms with van der Waals surface area (Å²) in [6, 6.07) is 6.08. The van der Waals surface area contributed by atoms with E-state index < -0.39 is 0 Å². The van der Waals surface area contributed by atoms with Crippen LogP contribution in [-0.2, 0) is 11.3 Å². The van der Waals surface area contributed by atoms with Crippen LogP contribution >= 0.6 is 0 Å². The number of carbonyl (C=O) groups excluding carboxylic acids is 1. The number of rotatable bonds is 4. The third kappa shape index (κ3) is 3.65. The lowest BCUT2D eigenvalue weighted by Gasteiger charge is -2.31. The van der Waals surface area contributed by atoms with Crippen LogP contribution in [0.5, 0.6) is 0 Å². The van der Waals surface area contributed by atoms with Crippen LogP contribution in [0.4, 0.5) is 5.82 Å². The standard InChI is InChI=1S/C19H23BN6O/c1-13(27)25-7-4-15(5-8-25)17-9-18(22-11-14-3-2-6-21-10-14)26-19(24-17)16(20)12-23-26/h2-3,6,9-10,12,15,22H,4-5,7-8,11,20H2,1H3. The molecule has 3 aromatic heterocycles. The molecule has 7 nitrogen and oxygen atoms in total. The molecule has 1 aliphatic heterocycles. The number of fused-ring (bicyclic) bond motifs is 1. The molecule has 1 fully saturated rings. The third-order valence-corrected chi connectivity index (χ3v) is 5.22. The zero-order chi connectivity index (χ0) is 18.8. The zero-order valence-corrected chi connectivity index (χ0v) is 15.7. The number of amides is 1. The molecule has 0 unspecified atom stereocenters. The van der Waals surface area contributed by atoms with Crippen LogP contribution in [0.3, 0.4) is 0 Å². The van der Waals surface area contributed by atoms with Crippen molar-refractivity contribution in [1.29, 1.82) is 0 Å². The summed E-state index contributed by atoms with van der Waals surface area (Å²) in [5, 5.41) is 7.95. The lowest BCUT2D eigenvalue weighted by atomic mass is 9.92. The van der Waals surface area contributed by atoms with Crippen molar-refractivity contribution in [1.82, 2.24) is 24.5 Å². The zero-order valence-electron chi connectivity index (χ0n) is 15.7. The van der Waals surface area contributed by atoms with Crippen molar-refractivity contribution in [3.63, 3.8) is 0 Å². The number of piperidine rings is 1. The molecule has 4 rings (SSSR count). The van der Waals surface area contributed by atoms with E-state index in [1.807, 2.05) is 41.8 Å². The number of pyridine rings is 1. The van der Waals surface area contributed by atoms with Crippen molar-refractivity contribution in [3.05, 3.63) is 48.0 Å². The SMILES string of the molecule is Bc1cnn2c(NCc3cccnc3)cc(C3CCN(C(C)=O)CC3)nc12. The van der Waals surface area contributed by atoms with Crippen LogP contribution in [0.1, 0.15) is 36.9 Å². The van der Waals surface area contributed by atoms with E-state index in [1.165, 1.54) is 0 Å². The Bertz CT molecular complexity index is 949. The van der Waals surface area contributed by atoms with E-state index in [1.54, 1.807) is 13.1 Å². The highest BCUT2D eigenvalue weighted by molar-refractivity contribution is 6.36. The molecule has 0 atom stereocenters. The lowest BCUT2D eigenvalue weighted by Crippen LogP contribution is -2.36. The van der Waals surface area contributed by atoms with Gasteiger partial charge in [-0.05, 0) is 29.9 Å². The van der Waals surface area contributed by atoms with E-state index >= 15 is 0 Å². The molecule has 138 valence electrons. The van der Waals surface area contributed by atoms with E-state index in [-0.39, 0.29) is 5.91 Å². The van der Waals surface area contributed by atoms with E-state index in [2.05, 4.69) is 21.5 Å². The summed E-state index contributed by atoms with van der Waals surface area (Å²) in [5.74, 6) is 1.45. The number of aromatic nitrogens is 4. The quantitative estimate of drug-likeness (QED) is 0.693. The second-order valence-corrected chi connectivity index (χ2v) is 7.12. The maximum absolute atomic E-state index is 11.6. The Morgan fingerprint density at radius 3 is 2.85 bits per heavy atom. The largest absolute Gasteiger partial charge is 0.366 e. The predicted molar refractivity (Wildman–Crippen MR) is 107 cm³/mol. The number of nitrogens with one attached hydrogen (secondary N) is 1. The van der Waals surface area contributed by atoms with Gasteiger partial charge < -0.3 is 10.2 Å². The Hall–Kier alpha value is -2.90. The number of likely N-dealkylation sites (tertiary alicyclic amines) is 1. The molecular formula is C19H23BN6O. The summed E-state index contributed by atoms with van der Waals surface area (Å²) in [5.41, 5.74) is 4.13. The monoisotopic (exact) mass is 362 g/mol. The number of anilines is 1. The maximum Gasteiger partial charge on any atom is 0.219 e. The molecule has 1 saturated heterocycles. The predicted octanol–water partition coefficient (Wildman–Crippen LogP) is 0.721. The Kier molecular flexibility index (Phi) is 4.79. The molecule has 3 aromatic rings. The second-order valence-electron chi connectivity index (χ2n) is 7.12. The van der Waals surface area contributed by atoms with Crippen LogP contribution in [0.2, 0.25) is 0 Å². The lowest BCUT2D eigenvalue weighted by molar-refractivity contribution is -0.129. The first kappa shape index (κ1) is 17.5. The van der Waals surface area contributed by atoms with Crippen molar-refractivity contribution in [3.8, 4) is 0 Å². The smallest absolute Gasteiger partial charge is 0.219 e. The molecule has 0 aromatic carbocycles. The molecule has 0 aliphatic carbocycles. The van der Waals surface area contributed by atoms with Gasteiger partial charge in [-0.25, -0.2) is 4.98 Å². The maximum atomic E-state index is 11.6. The summed E-state index contributed by atoms with van der Waals surface area (Å²) >= 11 is 0. The van der Waals surface area contributed by atoms with Crippen molar-refractivity contribution in [2.45, 2.75) is 32.2 Å². The third-order valence-electron chi connectivity index (χ3n) is 5.22. The van der Waals surface area contributed by atoms with Crippen LogP contribution in [0.25, 0.3) is 5.65 Å². The average molecular weight is 362 g/mol. The van der Waals surface area contributed by atoms with Gasteiger partial charge in [-0.3, -0.25) is 9.78 Å². The highest BCUT2D eigenvalue weighted by Crippen LogP contribution is 2.28. The molecule has 0 saturated carbocycles. The first-order chi connectivity index (χ1) is 13.1. The van der Waals surface area contributed by atoms with Gasteiger partial charge in [0, 0.05) is 62.8 Å². The van der Waals surface area contributed by atoms with Crippen LogP contribution in [0, 0.1) is 0 Å². The Balaban J connectivity index is 1.60. The highest BCUT2D eigenvalue weighted by Gasteiger charge is 2.24. The van der Waals surface area contributed by atoms with Gasteiger partial charge in [0.1, 0.15) is 13.7 Å². The highest BCUT2D eigenvalue weighted by atomic mass is 16.2. The summed E-state index contributed by atoms with van der Waals surface area (Å²) in [4.78, 5) is 22.6. The minimum atomic E-state index is 0.155. The van der Waals surface area contributed by atoms with Gasteiger partial charge in [-0.1, -0.05) is 6.07 Å². The van der Waals surface area contributed by atoms with Crippen molar-refractivity contribution >= 4 is 30.7 Å². The number of carbonyl (C=O) groups is 1. The fourth-order valence-corrected chi connectivity index (χ4v) is 3.61. The number of nitrogens with zero attached hydrogens (tertiary/aromatic N) is 5. The molecule has 1 aliphatic rings. The first-order valence-corrected chi connectivity index (χ1v) is 9.35. The van der Waals surface area contributed by atoms with Gasteiger partial charge >= 0.3 is 0 Å². The van der Waals surface area contributed by atoms with Gasteiger partial charge in [0.2, 0.25) is 5.91 Å². The van der Waals surface area contributed by atoms with Gasteiger partial charge in [0.25, 0.3) is 0 Å². The first-order valence-electron chi connectivity index (χ1n) is 9.35.